The first-order valence-electron chi connectivity index (χ1n) is 15.8. The van der Waals surface area contributed by atoms with Crippen LogP contribution in [0.15, 0.2) is 35.6 Å². The number of rotatable bonds is 6. The zero-order valence-corrected chi connectivity index (χ0v) is 27.0. The van der Waals surface area contributed by atoms with Gasteiger partial charge in [0.1, 0.15) is 17.5 Å². The quantitative estimate of drug-likeness (QED) is 0.306. The Labute approximate surface area is 255 Å². The molecule has 1 aliphatic heterocycles. The molecule has 0 radical (unpaired) electrons. The van der Waals surface area contributed by atoms with Crippen molar-refractivity contribution in [2.24, 2.45) is 39.4 Å². The summed E-state index contributed by atoms with van der Waals surface area (Å²) in [5.74, 6) is -1.81. The van der Waals surface area contributed by atoms with Crippen LogP contribution in [0.4, 0.5) is 0 Å². The monoisotopic (exact) mass is 598 g/mol. The molecule has 5 rings (SSSR count). The third-order valence-corrected chi connectivity index (χ3v) is 12.2. The van der Waals surface area contributed by atoms with Gasteiger partial charge >= 0.3 is 0 Å². The van der Waals surface area contributed by atoms with Crippen LogP contribution < -0.4 is 0 Å². The van der Waals surface area contributed by atoms with Crippen molar-refractivity contribution < 1.29 is 39.2 Å². The zero-order valence-electron chi connectivity index (χ0n) is 27.0. The summed E-state index contributed by atoms with van der Waals surface area (Å²) < 4.78 is 11.8. The van der Waals surface area contributed by atoms with Crippen LogP contribution in [0.1, 0.15) is 87.5 Å². The van der Waals surface area contributed by atoms with Crippen LogP contribution in [-0.2, 0) is 23.9 Å². The van der Waals surface area contributed by atoms with Crippen LogP contribution in [0.25, 0.3) is 0 Å². The molecule has 8 nitrogen and oxygen atoms in total. The molecule has 5 aliphatic rings. The minimum atomic E-state index is -1.96. The Morgan fingerprint density at radius 3 is 2.28 bits per heavy atom. The molecule has 8 heteroatoms. The van der Waals surface area contributed by atoms with Crippen LogP contribution in [0.2, 0.25) is 0 Å². The van der Waals surface area contributed by atoms with Gasteiger partial charge in [-0.1, -0.05) is 38.5 Å². The Hall–Kier alpha value is -2.13. The van der Waals surface area contributed by atoms with E-state index < -0.39 is 50.7 Å². The SMILES string of the molecule is CC(C)(O)/C=C/C(=O)C(C)(O)[C@H]1[C@H](O)C[C@@]2(C)[C@@H]3CC=C4[C@H](C=C(OC5CCOCC5)C(=O)C4(C)C)[C@@]3(C)C(=O)C[C@]12C. The highest BCUT2D eigenvalue weighted by atomic mass is 16.5. The molecule has 0 aromatic rings. The Kier molecular flexibility index (Phi) is 7.65. The second kappa shape index (κ2) is 10.2. The van der Waals surface area contributed by atoms with E-state index in [1.165, 1.54) is 32.9 Å². The average Bonchev–Trinajstić information content (AvgIpc) is 3.11. The highest BCUT2D eigenvalue weighted by Gasteiger charge is 2.74. The largest absolute Gasteiger partial charge is 0.487 e. The Morgan fingerprint density at radius 1 is 1.05 bits per heavy atom. The normalized spacial score (nSPS) is 41.1. The van der Waals surface area contributed by atoms with Crippen LogP contribution in [0, 0.1) is 39.4 Å². The van der Waals surface area contributed by atoms with Crippen LogP contribution in [-0.4, -0.2) is 69.3 Å². The molecular formula is C35H50O8. The first-order valence-corrected chi connectivity index (χ1v) is 15.8. The van der Waals surface area contributed by atoms with Gasteiger partial charge in [0.15, 0.2) is 11.5 Å². The molecular weight excluding hydrogens is 548 g/mol. The maximum atomic E-state index is 14.6. The van der Waals surface area contributed by atoms with E-state index in [1.54, 1.807) is 0 Å². The van der Waals surface area contributed by atoms with Crippen molar-refractivity contribution in [2.45, 2.75) is 111 Å². The molecule has 1 heterocycles. The number of aliphatic hydroxyl groups is 3. The number of allylic oxidation sites excluding steroid dienone is 4. The van der Waals surface area contributed by atoms with E-state index in [1.807, 2.05) is 33.8 Å². The number of Topliss-reactive ketones (excluding diaryl/α,β-unsaturated/α-hetero) is 2. The third kappa shape index (κ3) is 4.74. The van der Waals surface area contributed by atoms with Crippen molar-refractivity contribution in [3.05, 3.63) is 35.6 Å². The highest BCUT2D eigenvalue weighted by Crippen LogP contribution is 2.73. The first-order chi connectivity index (χ1) is 19.7. The number of hydrogen-bond acceptors (Lipinski definition) is 8. The molecule has 0 aromatic heterocycles. The lowest BCUT2D eigenvalue weighted by Crippen LogP contribution is -2.64. The summed E-state index contributed by atoms with van der Waals surface area (Å²) >= 11 is 0. The minimum Gasteiger partial charge on any atom is -0.487 e. The lowest BCUT2D eigenvalue weighted by molar-refractivity contribution is -0.179. The summed E-state index contributed by atoms with van der Waals surface area (Å²) in [7, 11) is 0. The van der Waals surface area contributed by atoms with Crippen molar-refractivity contribution >= 4 is 17.3 Å². The molecule has 3 fully saturated rings. The number of ketones is 3. The maximum Gasteiger partial charge on any atom is 0.206 e. The van der Waals surface area contributed by atoms with Gasteiger partial charge in [-0.3, -0.25) is 14.4 Å². The van der Waals surface area contributed by atoms with Gasteiger partial charge in [-0.05, 0) is 76.4 Å². The van der Waals surface area contributed by atoms with Gasteiger partial charge in [0, 0.05) is 36.5 Å². The minimum absolute atomic E-state index is 0.00859. The Bertz CT molecular complexity index is 1290. The van der Waals surface area contributed by atoms with Gasteiger partial charge in [-0.2, -0.15) is 0 Å². The standard InChI is InChI=1S/C35H50O8/c1-30(2,40)14-11-26(37)35(8,41)28-23(36)18-32(5)25-10-9-21-22(34(25,7)27(38)19-33(28,32)6)17-24(29(39)31(21,3)4)43-20-12-15-42-16-13-20/h9,11,14,17,20,22-23,25,28,36,40-41H,10,12-13,15-16,18-19H2,1-8H3/b14-11+/t22-,23+,25-,28-,32-,33+,34+,35?/m0/s1. The molecule has 8 atom stereocenters. The van der Waals surface area contributed by atoms with E-state index >= 15 is 0 Å². The molecule has 0 bridgehead atoms. The smallest absolute Gasteiger partial charge is 0.206 e. The third-order valence-electron chi connectivity index (χ3n) is 12.2. The second-order valence-electron chi connectivity index (χ2n) is 15.8. The van der Waals surface area contributed by atoms with E-state index in [0.717, 1.165) is 5.57 Å². The molecule has 1 unspecified atom stereocenters. The molecule has 0 aromatic carbocycles. The van der Waals surface area contributed by atoms with E-state index in [2.05, 4.69) is 13.0 Å². The van der Waals surface area contributed by atoms with Gasteiger partial charge in [-0.15, -0.1) is 0 Å². The van der Waals surface area contributed by atoms with E-state index in [9.17, 15) is 29.7 Å². The predicted octanol–water partition coefficient (Wildman–Crippen LogP) is 4.26. The van der Waals surface area contributed by atoms with E-state index in [4.69, 9.17) is 9.47 Å². The lowest BCUT2D eigenvalue weighted by Gasteiger charge is -2.63. The number of fused-ring (bicyclic) bond motifs is 5. The number of carbonyl (C=O) groups excluding carboxylic acids is 3. The van der Waals surface area contributed by atoms with Gasteiger partial charge in [0.2, 0.25) is 5.78 Å². The zero-order chi connectivity index (χ0) is 32.0. The summed E-state index contributed by atoms with van der Waals surface area (Å²) in [6, 6.07) is 0. The molecule has 3 N–H and O–H groups in total. The fourth-order valence-electron chi connectivity index (χ4n) is 9.62. The molecule has 2 saturated carbocycles. The van der Waals surface area contributed by atoms with Crippen LogP contribution in [0.5, 0.6) is 0 Å². The topological polar surface area (TPSA) is 130 Å². The predicted molar refractivity (Wildman–Crippen MR) is 161 cm³/mol. The summed E-state index contributed by atoms with van der Waals surface area (Å²) in [5, 5.41) is 33.5. The van der Waals surface area contributed by atoms with Crippen molar-refractivity contribution in [3.8, 4) is 0 Å². The molecule has 4 aliphatic carbocycles. The Morgan fingerprint density at radius 2 is 1.67 bits per heavy atom. The highest BCUT2D eigenvalue weighted by molar-refractivity contribution is 6.02. The van der Waals surface area contributed by atoms with E-state index in [-0.39, 0.29) is 35.9 Å². The second-order valence-corrected chi connectivity index (χ2v) is 15.8. The van der Waals surface area contributed by atoms with Crippen molar-refractivity contribution in [2.75, 3.05) is 13.2 Å². The fraction of sp³-hybridized carbons (Fsp3) is 0.743. The van der Waals surface area contributed by atoms with Crippen molar-refractivity contribution in [3.63, 3.8) is 0 Å². The summed E-state index contributed by atoms with van der Waals surface area (Å²) in [4.78, 5) is 41.7. The molecule has 0 amide bonds. The van der Waals surface area contributed by atoms with Crippen molar-refractivity contribution in [1.82, 2.24) is 0 Å². The Balaban J connectivity index is 1.56. The molecule has 238 valence electrons. The lowest BCUT2D eigenvalue weighted by atomic mass is 9.39. The molecule has 43 heavy (non-hydrogen) atoms. The summed E-state index contributed by atoms with van der Waals surface area (Å²) in [6.45, 7) is 15.5. The molecule has 0 spiro atoms. The van der Waals surface area contributed by atoms with Crippen molar-refractivity contribution in [1.29, 1.82) is 0 Å². The number of aliphatic hydroxyl groups excluding tert-OH is 1. The van der Waals surface area contributed by atoms with Gasteiger partial charge in [0.25, 0.3) is 0 Å². The van der Waals surface area contributed by atoms with E-state index in [0.29, 0.717) is 44.7 Å². The molecule has 1 saturated heterocycles. The summed E-state index contributed by atoms with van der Waals surface area (Å²) in [6.07, 6.45) is 7.76. The van der Waals surface area contributed by atoms with Gasteiger partial charge in [-0.25, -0.2) is 0 Å². The number of ether oxygens (including phenoxy) is 2. The van der Waals surface area contributed by atoms with Gasteiger partial charge < -0.3 is 24.8 Å². The summed E-state index contributed by atoms with van der Waals surface area (Å²) in [5.41, 5.74) is -5.46. The fourth-order valence-corrected chi connectivity index (χ4v) is 9.62. The number of hydrogen-bond donors (Lipinski definition) is 3. The maximum absolute atomic E-state index is 14.6. The van der Waals surface area contributed by atoms with Crippen LogP contribution >= 0.6 is 0 Å². The number of carbonyl (C=O) groups is 3. The van der Waals surface area contributed by atoms with Gasteiger partial charge in [0.05, 0.1) is 30.3 Å². The average molecular weight is 599 g/mol. The first kappa shape index (κ1) is 32.3. The van der Waals surface area contributed by atoms with Crippen LogP contribution in [0.3, 0.4) is 0 Å².